The highest BCUT2D eigenvalue weighted by atomic mass is 32.2. The lowest BCUT2D eigenvalue weighted by molar-refractivity contribution is -0.890. The van der Waals surface area contributed by atoms with Crippen molar-refractivity contribution in [2.45, 2.75) is 78.6 Å². The van der Waals surface area contributed by atoms with Gasteiger partial charge in [-0.05, 0) is 12.5 Å². The maximum atomic E-state index is 12.2. The third-order valence-electron chi connectivity index (χ3n) is 4.77. The molecule has 0 fully saturated rings. The molecule has 0 unspecified atom stereocenters. The third kappa shape index (κ3) is 14.7. The topological polar surface area (TPSA) is 46.2 Å². The Morgan fingerprint density at radius 2 is 1.46 bits per heavy atom. The summed E-state index contributed by atoms with van der Waals surface area (Å²) >= 11 is 0. The Kier molecular flexibility index (Phi) is 12.7. The summed E-state index contributed by atoms with van der Waals surface area (Å²) in [4.78, 5) is 0. The van der Waals surface area contributed by atoms with Crippen LogP contribution in [0, 0.1) is 5.41 Å². The summed E-state index contributed by atoms with van der Waals surface area (Å²) in [6.07, 6.45) is 12.7. The van der Waals surface area contributed by atoms with Gasteiger partial charge in [0.2, 0.25) is 10.0 Å². The number of hydrogen-bond acceptors (Lipinski definition) is 2. The SMILES string of the molecule is C=CC[N+](C)(C)CC(C)(C)CNS(=O)(=O)CCCCCCCCCCC. The second-order valence-corrected chi connectivity index (χ2v) is 11.1. The first-order valence-electron chi connectivity index (χ1n) is 10.4. The number of nitrogens with zero attached hydrogens (tertiary/aromatic N) is 1. The minimum absolute atomic E-state index is 0.0852. The number of sulfonamides is 1. The molecule has 0 spiro atoms. The van der Waals surface area contributed by atoms with E-state index in [0.717, 1.165) is 36.8 Å². The molecule has 0 bridgehead atoms. The van der Waals surface area contributed by atoms with E-state index in [-0.39, 0.29) is 11.2 Å². The third-order valence-corrected chi connectivity index (χ3v) is 6.18. The second-order valence-electron chi connectivity index (χ2n) is 9.20. The number of unbranched alkanes of at least 4 members (excludes halogenated alkanes) is 8. The summed E-state index contributed by atoms with van der Waals surface area (Å²) in [7, 11) is 1.14. The molecule has 0 radical (unpaired) electrons. The quantitative estimate of drug-likeness (QED) is 0.222. The number of likely N-dealkylation sites (N-methyl/N-ethyl adjacent to an activating group) is 1. The molecule has 0 atom stereocenters. The average molecular weight is 390 g/mol. The largest absolute Gasteiger partial charge is 0.325 e. The maximum Gasteiger partial charge on any atom is 0.211 e. The monoisotopic (exact) mass is 389 g/mol. The van der Waals surface area contributed by atoms with E-state index in [9.17, 15) is 8.42 Å². The molecule has 5 heteroatoms. The summed E-state index contributed by atoms with van der Waals surface area (Å²) in [6.45, 7) is 12.6. The molecule has 0 aliphatic heterocycles. The average Bonchev–Trinajstić information content (AvgIpc) is 2.50. The smallest absolute Gasteiger partial charge is 0.211 e. The van der Waals surface area contributed by atoms with Crippen molar-refractivity contribution in [1.82, 2.24) is 4.72 Å². The lowest BCUT2D eigenvalue weighted by atomic mass is 9.92. The van der Waals surface area contributed by atoms with Crippen molar-refractivity contribution in [3.63, 3.8) is 0 Å². The number of quaternary nitrogens is 1. The fourth-order valence-electron chi connectivity index (χ4n) is 3.61. The fourth-order valence-corrected chi connectivity index (χ4v) is 4.95. The normalized spacial score (nSPS) is 13.1. The molecule has 0 aliphatic rings. The molecule has 0 amide bonds. The maximum absolute atomic E-state index is 12.2. The molecule has 0 rings (SSSR count). The Balaban J connectivity index is 3.98. The van der Waals surface area contributed by atoms with E-state index in [1.165, 1.54) is 38.5 Å². The van der Waals surface area contributed by atoms with Gasteiger partial charge in [0.05, 0.1) is 32.9 Å². The van der Waals surface area contributed by atoms with E-state index in [2.05, 4.69) is 46.2 Å². The van der Waals surface area contributed by atoms with Gasteiger partial charge in [-0.15, -0.1) is 0 Å². The molecular formula is C21H45N2O2S+. The Morgan fingerprint density at radius 1 is 0.962 bits per heavy atom. The minimum Gasteiger partial charge on any atom is -0.325 e. The molecule has 0 aromatic rings. The lowest BCUT2D eigenvalue weighted by Crippen LogP contribution is -2.50. The van der Waals surface area contributed by atoms with Gasteiger partial charge in [0.1, 0.15) is 0 Å². The van der Waals surface area contributed by atoms with E-state index < -0.39 is 10.0 Å². The van der Waals surface area contributed by atoms with Crippen LogP contribution in [-0.4, -0.2) is 52.4 Å². The summed E-state index contributed by atoms with van der Waals surface area (Å²) in [6, 6.07) is 0. The summed E-state index contributed by atoms with van der Waals surface area (Å²) in [5.41, 5.74) is -0.0852. The fraction of sp³-hybridized carbons (Fsp3) is 0.905. The van der Waals surface area contributed by atoms with Gasteiger partial charge in [0.15, 0.2) is 0 Å². The zero-order valence-corrected chi connectivity index (χ0v) is 19.0. The first-order chi connectivity index (χ1) is 12.0. The van der Waals surface area contributed by atoms with Crippen LogP contribution in [0.2, 0.25) is 0 Å². The first kappa shape index (κ1) is 25.6. The zero-order valence-electron chi connectivity index (χ0n) is 18.1. The van der Waals surface area contributed by atoms with Crippen molar-refractivity contribution in [2.24, 2.45) is 5.41 Å². The van der Waals surface area contributed by atoms with Gasteiger partial charge in [0, 0.05) is 12.0 Å². The van der Waals surface area contributed by atoms with Crippen molar-refractivity contribution < 1.29 is 12.9 Å². The van der Waals surface area contributed by atoms with Crippen LogP contribution in [0.25, 0.3) is 0 Å². The summed E-state index contributed by atoms with van der Waals surface area (Å²) in [5, 5.41) is 0. The molecule has 26 heavy (non-hydrogen) atoms. The van der Waals surface area contributed by atoms with Gasteiger partial charge in [-0.25, -0.2) is 13.1 Å². The molecule has 0 aromatic heterocycles. The van der Waals surface area contributed by atoms with Crippen LogP contribution in [0.4, 0.5) is 0 Å². The van der Waals surface area contributed by atoms with E-state index in [0.29, 0.717) is 6.54 Å². The Hall–Kier alpha value is -0.390. The van der Waals surface area contributed by atoms with Crippen LogP contribution in [0.1, 0.15) is 78.6 Å². The molecule has 0 saturated carbocycles. The highest BCUT2D eigenvalue weighted by Crippen LogP contribution is 2.19. The lowest BCUT2D eigenvalue weighted by Gasteiger charge is -2.36. The van der Waals surface area contributed by atoms with E-state index in [1.807, 2.05) is 6.08 Å². The van der Waals surface area contributed by atoms with E-state index >= 15 is 0 Å². The van der Waals surface area contributed by atoms with Crippen molar-refractivity contribution in [2.75, 3.05) is 39.5 Å². The minimum atomic E-state index is -3.16. The summed E-state index contributed by atoms with van der Waals surface area (Å²) < 4.78 is 28.1. The molecular weight excluding hydrogens is 344 g/mol. The van der Waals surface area contributed by atoms with E-state index in [1.54, 1.807) is 0 Å². The highest BCUT2D eigenvalue weighted by molar-refractivity contribution is 7.89. The van der Waals surface area contributed by atoms with Gasteiger partial charge < -0.3 is 4.48 Å². The van der Waals surface area contributed by atoms with Crippen molar-refractivity contribution in [3.8, 4) is 0 Å². The number of rotatable bonds is 17. The number of hydrogen-bond donors (Lipinski definition) is 1. The first-order valence-corrected chi connectivity index (χ1v) is 12.1. The predicted octanol–water partition coefficient (Wildman–Crippen LogP) is 4.73. The molecule has 4 nitrogen and oxygen atoms in total. The standard InChI is InChI=1S/C21H45N2O2S/c1-7-9-10-11-12-13-14-15-16-18-26(24,25)22-19-21(3,4)20-23(5,6)17-8-2/h8,22H,2,7,9-20H2,1,3-6H3/q+1. The molecule has 1 N–H and O–H groups in total. The van der Waals surface area contributed by atoms with Crippen LogP contribution >= 0.6 is 0 Å². The van der Waals surface area contributed by atoms with Gasteiger partial charge in [-0.2, -0.15) is 0 Å². The van der Waals surface area contributed by atoms with Crippen molar-refractivity contribution in [3.05, 3.63) is 12.7 Å². The molecule has 0 aliphatic carbocycles. The molecule has 0 heterocycles. The molecule has 0 aromatic carbocycles. The predicted molar refractivity (Wildman–Crippen MR) is 115 cm³/mol. The van der Waals surface area contributed by atoms with Gasteiger partial charge in [-0.1, -0.05) is 78.7 Å². The highest BCUT2D eigenvalue weighted by Gasteiger charge is 2.29. The number of nitrogens with one attached hydrogen (secondary N) is 1. The van der Waals surface area contributed by atoms with Gasteiger partial charge in [-0.3, -0.25) is 0 Å². The van der Waals surface area contributed by atoms with Crippen LogP contribution in [0.15, 0.2) is 12.7 Å². The van der Waals surface area contributed by atoms with Crippen LogP contribution in [-0.2, 0) is 10.0 Å². The Morgan fingerprint density at radius 3 is 1.96 bits per heavy atom. The molecule has 0 saturated heterocycles. The van der Waals surface area contributed by atoms with Crippen molar-refractivity contribution >= 4 is 10.0 Å². The van der Waals surface area contributed by atoms with Crippen LogP contribution in [0.5, 0.6) is 0 Å². The van der Waals surface area contributed by atoms with Gasteiger partial charge >= 0.3 is 0 Å². The summed E-state index contributed by atoms with van der Waals surface area (Å²) in [5.74, 6) is 0.254. The molecule has 156 valence electrons. The Labute approximate surface area is 164 Å². The van der Waals surface area contributed by atoms with Crippen molar-refractivity contribution in [1.29, 1.82) is 0 Å². The zero-order chi connectivity index (χ0) is 20.1. The van der Waals surface area contributed by atoms with Crippen LogP contribution < -0.4 is 4.72 Å². The van der Waals surface area contributed by atoms with Crippen LogP contribution in [0.3, 0.4) is 0 Å². The van der Waals surface area contributed by atoms with Gasteiger partial charge in [0.25, 0.3) is 0 Å². The second kappa shape index (κ2) is 12.9. The Bertz CT molecular complexity index is 470. The van der Waals surface area contributed by atoms with E-state index in [4.69, 9.17) is 0 Å².